The molecule has 6 nitrogen and oxygen atoms in total. The summed E-state index contributed by atoms with van der Waals surface area (Å²) in [5.41, 5.74) is 3.72. The maximum absolute atomic E-state index is 5.38. The number of aliphatic imine (C=N–C) groups is 1. The number of methoxy groups -OCH3 is 2. The molecule has 166 valence electrons. The van der Waals surface area contributed by atoms with Crippen LogP contribution in [0.4, 0.5) is 0 Å². The van der Waals surface area contributed by atoms with Crippen molar-refractivity contribution in [1.29, 1.82) is 0 Å². The van der Waals surface area contributed by atoms with Crippen LogP contribution >= 0.6 is 24.0 Å². The number of benzene rings is 2. The van der Waals surface area contributed by atoms with Gasteiger partial charge in [-0.1, -0.05) is 44.2 Å². The van der Waals surface area contributed by atoms with Crippen molar-refractivity contribution in [2.24, 2.45) is 4.99 Å². The second kappa shape index (κ2) is 14.1. The van der Waals surface area contributed by atoms with E-state index < -0.39 is 0 Å². The molecular formula is C23H35IN4O2. The molecule has 0 spiro atoms. The fraction of sp³-hybridized carbons (Fsp3) is 0.435. The number of halogens is 1. The lowest BCUT2D eigenvalue weighted by atomic mass is 10.1. The van der Waals surface area contributed by atoms with Gasteiger partial charge in [0.2, 0.25) is 0 Å². The molecule has 0 heterocycles. The monoisotopic (exact) mass is 526 g/mol. The van der Waals surface area contributed by atoms with Crippen LogP contribution in [0, 0.1) is 0 Å². The highest BCUT2D eigenvalue weighted by Gasteiger charge is 2.08. The number of rotatable bonds is 10. The third-order valence-corrected chi connectivity index (χ3v) is 4.98. The van der Waals surface area contributed by atoms with Crippen LogP contribution in [-0.2, 0) is 19.6 Å². The van der Waals surface area contributed by atoms with E-state index in [0.29, 0.717) is 6.54 Å². The van der Waals surface area contributed by atoms with Crippen molar-refractivity contribution in [2.75, 3.05) is 34.4 Å². The average molecular weight is 526 g/mol. The van der Waals surface area contributed by atoms with E-state index in [1.54, 1.807) is 21.3 Å². The first-order valence-corrected chi connectivity index (χ1v) is 10.1. The fourth-order valence-corrected chi connectivity index (χ4v) is 3.15. The van der Waals surface area contributed by atoms with E-state index in [1.807, 2.05) is 18.2 Å². The van der Waals surface area contributed by atoms with Crippen molar-refractivity contribution in [3.8, 4) is 11.5 Å². The van der Waals surface area contributed by atoms with E-state index in [4.69, 9.17) is 9.47 Å². The molecule has 0 fully saturated rings. The van der Waals surface area contributed by atoms with E-state index in [2.05, 4.69) is 58.6 Å². The zero-order chi connectivity index (χ0) is 21.1. The number of hydrogen-bond acceptors (Lipinski definition) is 4. The Morgan fingerprint density at radius 2 is 1.53 bits per heavy atom. The minimum absolute atomic E-state index is 0. The molecule has 7 heteroatoms. The summed E-state index contributed by atoms with van der Waals surface area (Å²) in [7, 11) is 5.07. The summed E-state index contributed by atoms with van der Waals surface area (Å²) in [6.45, 7) is 8.82. The molecule has 2 aromatic rings. The first kappa shape index (κ1) is 26.0. The minimum atomic E-state index is 0. The van der Waals surface area contributed by atoms with Crippen LogP contribution in [0.25, 0.3) is 0 Å². The molecule has 0 atom stereocenters. The SMILES string of the molecule is CCN(CC)Cc1ccccc1CNC(=NC)NCc1ccc(OC)c(OC)c1.I. The van der Waals surface area contributed by atoms with Gasteiger partial charge in [0.25, 0.3) is 0 Å². The van der Waals surface area contributed by atoms with Crippen molar-refractivity contribution in [3.63, 3.8) is 0 Å². The molecule has 30 heavy (non-hydrogen) atoms. The molecular weight excluding hydrogens is 491 g/mol. The van der Waals surface area contributed by atoms with Crippen LogP contribution in [0.15, 0.2) is 47.5 Å². The Bertz CT molecular complexity index is 795. The van der Waals surface area contributed by atoms with E-state index >= 15 is 0 Å². The largest absolute Gasteiger partial charge is 0.493 e. The Morgan fingerprint density at radius 1 is 0.900 bits per heavy atom. The highest BCUT2D eigenvalue weighted by Crippen LogP contribution is 2.27. The van der Waals surface area contributed by atoms with Gasteiger partial charge in [0.15, 0.2) is 17.5 Å². The molecule has 0 unspecified atom stereocenters. The highest BCUT2D eigenvalue weighted by molar-refractivity contribution is 14.0. The van der Waals surface area contributed by atoms with Gasteiger partial charge in [-0.2, -0.15) is 0 Å². The van der Waals surface area contributed by atoms with Crippen molar-refractivity contribution in [1.82, 2.24) is 15.5 Å². The smallest absolute Gasteiger partial charge is 0.191 e. The van der Waals surface area contributed by atoms with Gasteiger partial charge in [0.1, 0.15) is 0 Å². The third kappa shape index (κ3) is 7.68. The highest BCUT2D eigenvalue weighted by atomic mass is 127. The van der Waals surface area contributed by atoms with Gasteiger partial charge in [-0.15, -0.1) is 24.0 Å². The lowest BCUT2D eigenvalue weighted by molar-refractivity contribution is 0.295. The molecule has 0 saturated carbocycles. The Morgan fingerprint density at radius 3 is 2.13 bits per heavy atom. The van der Waals surface area contributed by atoms with Crippen molar-refractivity contribution in [2.45, 2.75) is 33.5 Å². The van der Waals surface area contributed by atoms with Crippen molar-refractivity contribution < 1.29 is 9.47 Å². The number of guanidine groups is 1. The lowest BCUT2D eigenvalue weighted by Crippen LogP contribution is -2.36. The van der Waals surface area contributed by atoms with Crippen LogP contribution in [-0.4, -0.2) is 45.2 Å². The molecule has 2 N–H and O–H groups in total. The van der Waals surface area contributed by atoms with Gasteiger partial charge < -0.3 is 20.1 Å². The Balaban J connectivity index is 0.00000450. The normalized spacial score (nSPS) is 11.1. The third-order valence-electron chi connectivity index (χ3n) is 4.98. The van der Waals surface area contributed by atoms with Crippen LogP contribution in [0.3, 0.4) is 0 Å². The van der Waals surface area contributed by atoms with E-state index in [-0.39, 0.29) is 24.0 Å². The summed E-state index contributed by atoms with van der Waals surface area (Å²) in [5, 5.41) is 6.78. The van der Waals surface area contributed by atoms with Gasteiger partial charge >= 0.3 is 0 Å². The summed E-state index contributed by atoms with van der Waals surface area (Å²) in [6.07, 6.45) is 0. The topological polar surface area (TPSA) is 58.1 Å². The quantitative estimate of drug-likeness (QED) is 0.278. The predicted molar refractivity (Wildman–Crippen MR) is 135 cm³/mol. The summed E-state index contributed by atoms with van der Waals surface area (Å²) >= 11 is 0. The second-order valence-electron chi connectivity index (χ2n) is 6.70. The summed E-state index contributed by atoms with van der Waals surface area (Å²) in [6, 6.07) is 14.5. The Labute approximate surface area is 198 Å². The van der Waals surface area contributed by atoms with Crippen LogP contribution < -0.4 is 20.1 Å². The second-order valence-corrected chi connectivity index (χ2v) is 6.70. The first-order valence-electron chi connectivity index (χ1n) is 10.1. The minimum Gasteiger partial charge on any atom is -0.493 e. The molecule has 2 aromatic carbocycles. The molecule has 0 bridgehead atoms. The predicted octanol–water partition coefficient (Wildman–Crippen LogP) is 4.03. The van der Waals surface area contributed by atoms with Crippen LogP contribution in [0.5, 0.6) is 11.5 Å². The fourth-order valence-electron chi connectivity index (χ4n) is 3.15. The number of hydrogen-bond donors (Lipinski definition) is 2. The van der Waals surface area contributed by atoms with Crippen LogP contribution in [0.2, 0.25) is 0 Å². The molecule has 2 rings (SSSR count). The maximum Gasteiger partial charge on any atom is 0.191 e. The van der Waals surface area contributed by atoms with Crippen molar-refractivity contribution in [3.05, 3.63) is 59.2 Å². The molecule has 0 aliphatic heterocycles. The molecule has 0 radical (unpaired) electrons. The number of ether oxygens (including phenoxy) is 2. The molecule has 0 saturated heterocycles. The van der Waals surface area contributed by atoms with Crippen molar-refractivity contribution >= 4 is 29.9 Å². The molecule has 0 aromatic heterocycles. The Kier molecular flexibility index (Phi) is 12.2. The first-order chi connectivity index (χ1) is 14.1. The summed E-state index contributed by atoms with van der Waals surface area (Å²) in [4.78, 5) is 6.77. The van der Waals surface area contributed by atoms with E-state index in [1.165, 1.54) is 11.1 Å². The average Bonchev–Trinajstić information content (AvgIpc) is 2.78. The summed E-state index contributed by atoms with van der Waals surface area (Å²) < 4.78 is 10.7. The summed E-state index contributed by atoms with van der Waals surface area (Å²) in [5.74, 6) is 2.21. The standard InChI is InChI=1S/C23H34N4O2.HI/c1-6-27(7-2)17-20-11-9-8-10-19(20)16-26-23(24-3)25-15-18-12-13-21(28-4)22(14-18)29-5;/h8-14H,6-7,15-17H2,1-5H3,(H2,24,25,26);1H. The lowest BCUT2D eigenvalue weighted by Gasteiger charge is -2.20. The van der Waals surface area contributed by atoms with E-state index in [9.17, 15) is 0 Å². The zero-order valence-electron chi connectivity index (χ0n) is 18.7. The number of nitrogens with zero attached hydrogens (tertiary/aromatic N) is 2. The molecule has 0 aliphatic carbocycles. The Hall–Kier alpha value is -2.00. The number of nitrogens with one attached hydrogen (secondary N) is 2. The molecule has 0 aliphatic rings. The zero-order valence-corrected chi connectivity index (χ0v) is 21.0. The van der Waals surface area contributed by atoms with Gasteiger partial charge in [-0.05, 0) is 41.9 Å². The van der Waals surface area contributed by atoms with Gasteiger partial charge in [-0.3, -0.25) is 9.89 Å². The molecule has 0 amide bonds. The van der Waals surface area contributed by atoms with Gasteiger partial charge in [-0.25, -0.2) is 0 Å². The van der Waals surface area contributed by atoms with Gasteiger partial charge in [0.05, 0.1) is 14.2 Å². The van der Waals surface area contributed by atoms with Crippen LogP contribution in [0.1, 0.15) is 30.5 Å². The maximum atomic E-state index is 5.38. The van der Waals surface area contributed by atoms with Gasteiger partial charge in [0, 0.05) is 26.7 Å². The van der Waals surface area contributed by atoms with E-state index in [0.717, 1.165) is 49.2 Å².